The van der Waals surface area contributed by atoms with E-state index in [1.54, 1.807) is 0 Å². The third-order valence-corrected chi connectivity index (χ3v) is 14.2. The summed E-state index contributed by atoms with van der Waals surface area (Å²) in [6.45, 7) is 0. The minimum Gasteiger partial charge on any atom is -0.311 e. The molecule has 11 aromatic carbocycles. The van der Waals surface area contributed by atoms with Gasteiger partial charge >= 0.3 is 0 Å². The van der Waals surface area contributed by atoms with Gasteiger partial charge in [-0.15, -0.1) is 11.3 Å². The lowest BCUT2D eigenvalue weighted by atomic mass is 9.93. The van der Waals surface area contributed by atoms with E-state index < -0.39 is 0 Å². The molecule has 2 heteroatoms. The minimum atomic E-state index is 1.08. The smallest absolute Gasteiger partial charge is 0.0462 e. The Bertz CT molecular complexity index is 3390. The van der Waals surface area contributed by atoms with Crippen molar-refractivity contribution in [3.63, 3.8) is 0 Å². The fourth-order valence-electron chi connectivity index (χ4n) is 9.54. The Hall–Kier alpha value is -8.56. The van der Waals surface area contributed by atoms with E-state index in [0.717, 1.165) is 17.1 Å². The highest BCUT2D eigenvalue weighted by atomic mass is 32.1. The largest absolute Gasteiger partial charge is 0.311 e. The van der Waals surface area contributed by atoms with Gasteiger partial charge in [0.15, 0.2) is 0 Å². The molecule has 0 aliphatic carbocycles. The first kappa shape index (κ1) is 40.9. The Labute approximate surface area is 402 Å². The molecule has 0 saturated carbocycles. The van der Waals surface area contributed by atoms with Crippen LogP contribution in [-0.4, -0.2) is 0 Å². The molecule has 68 heavy (non-hydrogen) atoms. The van der Waals surface area contributed by atoms with Gasteiger partial charge in [-0.2, -0.15) is 0 Å². The van der Waals surface area contributed by atoms with Crippen LogP contribution in [0.2, 0.25) is 0 Å². The summed E-state index contributed by atoms with van der Waals surface area (Å²) in [5.74, 6) is 0. The van der Waals surface area contributed by atoms with Gasteiger partial charge in [0.05, 0.1) is 0 Å². The van der Waals surface area contributed by atoms with E-state index in [4.69, 9.17) is 0 Å². The number of benzene rings is 11. The van der Waals surface area contributed by atoms with Crippen molar-refractivity contribution in [1.82, 2.24) is 0 Å². The van der Waals surface area contributed by atoms with Crippen LogP contribution in [0.15, 0.2) is 273 Å². The Morgan fingerprint density at radius 1 is 0.191 bits per heavy atom. The average Bonchev–Trinajstić information content (AvgIpc) is 3.80. The number of rotatable bonds is 10. The normalized spacial score (nSPS) is 11.2. The van der Waals surface area contributed by atoms with Crippen molar-refractivity contribution in [2.24, 2.45) is 0 Å². The lowest BCUT2D eigenvalue weighted by molar-refractivity contribution is 1.28. The molecule has 0 atom stereocenters. The molecule has 0 aliphatic rings. The van der Waals surface area contributed by atoms with Gasteiger partial charge in [-0.25, -0.2) is 0 Å². The van der Waals surface area contributed by atoms with Crippen molar-refractivity contribution in [3.8, 4) is 77.9 Å². The predicted octanol–water partition coefficient (Wildman–Crippen LogP) is 19.2. The highest BCUT2D eigenvalue weighted by Gasteiger charge is 2.16. The summed E-state index contributed by atoms with van der Waals surface area (Å²) in [5.41, 5.74) is 20.0. The van der Waals surface area contributed by atoms with E-state index in [0.29, 0.717) is 0 Å². The lowest BCUT2D eigenvalue weighted by Gasteiger charge is -2.26. The summed E-state index contributed by atoms with van der Waals surface area (Å²) in [4.78, 5) is 2.37. The van der Waals surface area contributed by atoms with Crippen molar-refractivity contribution >= 4 is 48.6 Å². The van der Waals surface area contributed by atoms with Gasteiger partial charge in [0.2, 0.25) is 0 Å². The van der Waals surface area contributed by atoms with Crippen LogP contribution in [0.5, 0.6) is 0 Å². The van der Waals surface area contributed by atoms with E-state index in [1.165, 1.54) is 98.1 Å². The number of nitrogens with zero attached hydrogens (tertiary/aromatic N) is 1. The summed E-state index contributed by atoms with van der Waals surface area (Å²) in [6, 6.07) is 99.4. The maximum atomic E-state index is 2.37. The van der Waals surface area contributed by atoms with Gasteiger partial charge in [0, 0.05) is 37.2 Å². The topological polar surface area (TPSA) is 3.24 Å². The molecule has 1 aromatic heterocycles. The molecule has 0 N–H and O–H groups in total. The number of thiophene rings is 1. The molecule has 0 saturated heterocycles. The second-order valence-corrected chi connectivity index (χ2v) is 18.4. The molecule has 320 valence electrons. The monoisotopic (exact) mass is 883 g/mol. The third-order valence-electron chi connectivity index (χ3n) is 13.0. The molecule has 0 spiro atoms. The second-order valence-electron chi connectivity index (χ2n) is 17.3. The quantitative estimate of drug-likeness (QED) is 0.132. The lowest BCUT2D eigenvalue weighted by Crippen LogP contribution is -2.09. The zero-order valence-corrected chi connectivity index (χ0v) is 38.2. The Morgan fingerprint density at radius 3 is 0.838 bits per heavy atom. The first-order valence-electron chi connectivity index (χ1n) is 23.2. The zero-order valence-electron chi connectivity index (χ0n) is 37.3. The number of anilines is 3. The standard InChI is InChI=1S/C66H45NS/c1-5-15-46(16-6-1)54-39-55(47-17-7-2-8-18-47)42-58(41-54)51-27-34-61(35-28-51)67(60-32-25-50(26-33-60)53-31-38-64-63-23-13-14-24-65(63)68-66(64)45-53)62-36-29-52(30-37-62)59-43-56(48-19-9-3-10-20-48)40-57(44-59)49-21-11-4-12-22-49/h1-45H. The molecule has 1 heterocycles. The van der Waals surface area contributed by atoms with Crippen LogP contribution in [-0.2, 0) is 0 Å². The van der Waals surface area contributed by atoms with Crippen molar-refractivity contribution in [3.05, 3.63) is 273 Å². The first-order chi connectivity index (χ1) is 33.7. The highest BCUT2D eigenvalue weighted by Crippen LogP contribution is 2.41. The van der Waals surface area contributed by atoms with Gasteiger partial charge in [-0.3, -0.25) is 0 Å². The summed E-state index contributed by atoms with van der Waals surface area (Å²) in [6.07, 6.45) is 0. The first-order valence-corrected chi connectivity index (χ1v) is 24.0. The van der Waals surface area contributed by atoms with Crippen LogP contribution in [0.1, 0.15) is 0 Å². The Kier molecular flexibility index (Phi) is 10.8. The SMILES string of the molecule is c1ccc(-c2cc(-c3ccccc3)cc(-c3ccc(N(c4ccc(-c5cc(-c6ccccc6)cc(-c6ccccc6)c5)cc4)c4ccc(-c5ccc6c(c5)sc5ccccc56)cc4)cc3)c2)cc1. The summed E-state index contributed by atoms with van der Waals surface area (Å²) >= 11 is 1.86. The molecule has 0 radical (unpaired) electrons. The van der Waals surface area contributed by atoms with E-state index >= 15 is 0 Å². The maximum absolute atomic E-state index is 2.37. The number of hydrogen-bond acceptors (Lipinski definition) is 2. The van der Waals surface area contributed by atoms with Crippen LogP contribution < -0.4 is 4.90 Å². The van der Waals surface area contributed by atoms with Gasteiger partial charge in [0.25, 0.3) is 0 Å². The minimum absolute atomic E-state index is 1.08. The molecular formula is C66H45NS. The van der Waals surface area contributed by atoms with Crippen LogP contribution in [0.25, 0.3) is 98.1 Å². The second kappa shape index (κ2) is 18.0. The van der Waals surface area contributed by atoms with Crippen molar-refractivity contribution in [2.45, 2.75) is 0 Å². The maximum Gasteiger partial charge on any atom is 0.0462 e. The molecule has 12 aromatic rings. The zero-order chi connectivity index (χ0) is 45.2. The van der Waals surface area contributed by atoms with E-state index in [9.17, 15) is 0 Å². The van der Waals surface area contributed by atoms with Gasteiger partial charge in [-0.05, 0) is 163 Å². The summed E-state index contributed by atoms with van der Waals surface area (Å²) in [7, 11) is 0. The van der Waals surface area contributed by atoms with Crippen LogP contribution in [0.4, 0.5) is 17.1 Å². The summed E-state index contributed by atoms with van der Waals surface area (Å²) < 4.78 is 2.63. The van der Waals surface area contributed by atoms with Crippen LogP contribution >= 0.6 is 11.3 Å². The highest BCUT2D eigenvalue weighted by molar-refractivity contribution is 7.25. The van der Waals surface area contributed by atoms with Crippen LogP contribution in [0.3, 0.4) is 0 Å². The Balaban J connectivity index is 0.935. The van der Waals surface area contributed by atoms with Gasteiger partial charge < -0.3 is 4.90 Å². The van der Waals surface area contributed by atoms with Gasteiger partial charge in [-0.1, -0.05) is 188 Å². The predicted molar refractivity (Wildman–Crippen MR) is 292 cm³/mol. The molecule has 0 fully saturated rings. The van der Waals surface area contributed by atoms with Crippen molar-refractivity contribution < 1.29 is 0 Å². The molecule has 1 nitrogen and oxygen atoms in total. The molecule has 0 amide bonds. The molecular weight excluding hydrogens is 839 g/mol. The molecule has 0 bridgehead atoms. The van der Waals surface area contributed by atoms with Crippen molar-refractivity contribution in [1.29, 1.82) is 0 Å². The number of hydrogen-bond donors (Lipinski definition) is 0. The molecule has 0 aliphatic heterocycles. The Morgan fingerprint density at radius 2 is 0.471 bits per heavy atom. The fourth-order valence-corrected chi connectivity index (χ4v) is 10.7. The average molecular weight is 884 g/mol. The summed E-state index contributed by atoms with van der Waals surface area (Å²) in [5, 5.41) is 2.64. The third kappa shape index (κ3) is 8.19. The fraction of sp³-hybridized carbons (Fsp3) is 0. The molecule has 0 unspecified atom stereocenters. The van der Waals surface area contributed by atoms with Crippen molar-refractivity contribution in [2.75, 3.05) is 4.90 Å². The van der Waals surface area contributed by atoms with E-state index in [2.05, 4.69) is 278 Å². The van der Waals surface area contributed by atoms with E-state index in [1.807, 2.05) is 11.3 Å². The van der Waals surface area contributed by atoms with Gasteiger partial charge in [0.1, 0.15) is 0 Å². The van der Waals surface area contributed by atoms with Crippen LogP contribution in [0, 0.1) is 0 Å². The van der Waals surface area contributed by atoms with E-state index in [-0.39, 0.29) is 0 Å². The number of fused-ring (bicyclic) bond motifs is 3. The molecule has 12 rings (SSSR count).